The van der Waals surface area contributed by atoms with Crippen molar-refractivity contribution in [2.75, 3.05) is 0 Å². The van der Waals surface area contributed by atoms with Gasteiger partial charge in [-0.2, -0.15) is 0 Å². The van der Waals surface area contributed by atoms with Crippen LogP contribution < -0.4 is 5.32 Å². The van der Waals surface area contributed by atoms with Gasteiger partial charge in [0.25, 0.3) is 5.91 Å². The van der Waals surface area contributed by atoms with Crippen LogP contribution in [0, 0.1) is 6.92 Å². The molecule has 20 heavy (non-hydrogen) atoms. The number of aryl methyl sites for hydroxylation is 1. The highest BCUT2D eigenvalue weighted by atomic mass is 32.1. The quantitative estimate of drug-likeness (QED) is 0.856. The van der Waals surface area contributed by atoms with E-state index in [9.17, 15) is 9.59 Å². The molecule has 0 spiro atoms. The zero-order chi connectivity index (χ0) is 14.5. The number of hydrogen-bond donors (Lipinski definition) is 1. The van der Waals surface area contributed by atoms with E-state index in [1.807, 2.05) is 43.5 Å². The van der Waals surface area contributed by atoms with Crippen molar-refractivity contribution in [2.45, 2.75) is 26.3 Å². The summed E-state index contributed by atoms with van der Waals surface area (Å²) >= 11 is 1.42. The van der Waals surface area contributed by atoms with E-state index in [4.69, 9.17) is 0 Å². The molecule has 0 aliphatic carbocycles. The zero-order valence-corrected chi connectivity index (χ0v) is 12.4. The van der Waals surface area contributed by atoms with Gasteiger partial charge in [-0.05, 0) is 30.9 Å². The smallest absolute Gasteiger partial charge is 0.261 e. The lowest BCUT2D eigenvalue weighted by molar-refractivity contribution is 0.0921. The van der Waals surface area contributed by atoms with Gasteiger partial charge in [-0.3, -0.25) is 9.59 Å². The second-order valence-electron chi connectivity index (χ2n) is 4.80. The molecular formula is C16H17NO2S. The fraction of sp³-hybridized carbons (Fsp3) is 0.250. The van der Waals surface area contributed by atoms with Gasteiger partial charge in [0, 0.05) is 18.0 Å². The molecule has 2 rings (SSSR count). The van der Waals surface area contributed by atoms with Crippen molar-refractivity contribution in [3.05, 3.63) is 57.8 Å². The summed E-state index contributed by atoms with van der Waals surface area (Å²) in [5, 5.41) is 4.77. The number of ketones is 1. The van der Waals surface area contributed by atoms with Crippen molar-refractivity contribution < 1.29 is 9.59 Å². The van der Waals surface area contributed by atoms with Gasteiger partial charge in [0.05, 0.1) is 4.88 Å². The van der Waals surface area contributed by atoms with Crippen molar-refractivity contribution in [3.63, 3.8) is 0 Å². The first-order valence-electron chi connectivity index (χ1n) is 6.51. The molecule has 1 heterocycles. The van der Waals surface area contributed by atoms with Crippen molar-refractivity contribution in [3.8, 4) is 0 Å². The Morgan fingerprint density at radius 1 is 1.20 bits per heavy atom. The molecule has 1 N–H and O–H groups in total. The highest BCUT2D eigenvalue weighted by Crippen LogP contribution is 2.15. The lowest BCUT2D eigenvalue weighted by Crippen LogP contribution is -2.34. The van der Waals surface area contributed by atoms with Crippen LogP contribution in [-0.4, -0.2) is 17.7 Å². The minimum atomic E-state index is -0.184. The van der Waals surface area contributed by atoms with E-state index in [0.29, 0.717) is 16.9 Å². The van der Waals surface area contributed by atoms with Crippen LogP contribution in [0.4, 0.5) is 0 Å². The Hall–Kier alpha value is -1.94. The summed E-state index contributed by atoms with van der Waals surface area (Å²) in [6.45, 7) is 3.76. The summed E-state index contributed by atoms with van der Waals surface area (Å²) in [4.78, 5) is 24.8. The molecule has 104 valence electrons. The third-order valence-electron chi connectivity index (χ3n) is 3.03. The van der Waals surface area contributed by atoms with Crippen LogP contribution in [0.3, 0.4) is 0 Å². The van der Waals surface area contributed by atoms with E-state index in [0.717, 1.165) is 5.56 Å². The summed E-state index contributed by atoms with van der Waals surface area (Å²) in [6, 6.07) is 10.9. The Balaban J connectivity index is 1.93. The molecule has 1 aromatic carbocycles. The number of carbonyl (C=O) groups is 2. The molecule has 1 amide bonds. The monoisotopic (exact) mass is 287 g/mol. The zero-order valence-electron chi connectivity index (χ0n) is 11.6. The van der Waals surface area contributed by atoms with E-state index in [2.05, 4.69) is 5.32 Å². The average Bonchev–Trinajstić information content (AvgIpc) is 2.86. The topological polar surface area (TPSA) is 46.2 Å². The molecule has 1 atom stereocenters. The number of nitrogens with one attached hydrogen (secondary N) is 1. The number of carbonyl (C=O) groups excluding carboxylic acids is 2. The summed E-state index contributed by atoms with van der Waals surface area (Å²) in [5.41, 5.74) is 1.65. The predicted octanol–water partition coefficient (Wildman–Crippen LogP) is 3.45. The minimum absolute atomic E-state index is 0.0429. The minimum Gasteiger partial charge on any atom is -0.348 e. The average molecular weight is 287 g/mol. The Morgan fingerprint density at radius 3 is 2.50 bits per heavy atom. The van der Waals surface area contributed by atoms with Crippen LogP contribution in [0.15, 0.2) is 41.8 Å². The first-order chi connectivity index (χ1) is 9.58. The fourth-order valence-corrected chi connectivity index (χ4v) is 2.79. The van der Waals surface area contributed by atoms with Gasteiger partial charge in [0.1, 0.15) is 0 Å². The normalized spacial score (nSPS) is 11.9. The van der Waals surface area contributed by atoms with Gasteiger partial charge in [-0.1, -0.05) is 30.3 Å². The highest BCUT2D eigenvalue weighted by Gasteiger charge is 2.16. The van der Waals surface area contributed by atoms with Crippen LogP contribution in [0.25, 0.3) is 0 Å². The SMILES string of the molecule is Cc1ccsc1C(=O)N[C@H](C)CC(=O)c1ccccc1. The largest absolute Gasteiger partial charge is 0.348 e. The van der Waals surface area contributed by atoms with Gasteiger partial charge in [0.2, 0.25) is 0 Å². The van der Waals surface area contributed by atoms with Gasteiger partial charge in [0.15, 0.2) is 5.78 Å². The van der Waals surface area contributed by atoms with Crippen LogP contribution >= 0.6 is 11.3 Å². The molecule has 1 aromatic heterocycles. The molecule has 2 aromatic rings. The Kier molecular flexibility index (Phi) is 4.69. The van der Waals surface area contributed by atoms with Crippen molar-refractivity contribution in [2.24, 2.45) is 0 Å². The Bertz CT molecular complexity index is 604. The third-order valence-corrected chi connectivity index (χ3v) is 4.05. The number of thiophene rings is 1. The van der Waals surface area contributed by atoms with Crippen LogP contribution in [0.5, 0.6) is 0 Å². The molecule has 0 fully saturated rings. The lowest BCUT2D eigenvalue weighted by atomic mass is 10.0. The molecule has 0 radical (unpaired) electrons. The Labute approximate surface area is 122 Å². The van der Waals surface area contributed by atoms with Crippen LogP contribution in [0.2, 0.25) is 0 Å². The number of Topliss-reactive ketones (excluding diaryl/α,β-unsaturated/α-hetero) is 1. The number of amides is 1. The maximum absolute atomic E-state index is 12.0. The third kappa shape index (κ3) is 3.54. The van der Waals surface area contributed by atoms with Crippen molar-refractivity contribution in [1.82, 2.24) is 5.32 Å². The van der Waals surface area contributed by atoms with E-state index < -0.39 is 0 Å². The first-order valence-corrected chi connectivity index (χ1v) is 7.39. The molecule has 0 saturated heterocycles. The molecular weight excluding hydrogens is 270 g/mol. The summed E-state index contributed by atoms with van der Waals surface area (Å²) in [7, 11) is 0. The van der Waals surface area contributed by atoms with Gasteiger partial charge < -0.3 is 5.32 Å². The number of hydrogen-bond acceptors (Lipinski definition) is 3. The second kappa shape index (κ2) is 6.48. The lowest BCUT2D eigenvalue weighted by Gasteiger charge is -2.13. The van der Waals surface area contributed by atoms with E-state index in [1.165, 1.54) is 11.3 Å². The van der Waals surface area contributed by atoms with Crippen molar-refractivity contribution >= 4 is 23.0 Å². The van der Waals surface area contributed by atoms with E-state index in [1.54, 1.807) is 12.1 Å². The second-order valence-corrected chi connectivity index (χ2v) is 5.72. The maximum Gasteiger partial charge on any atom is 0.261 e. The summed E-state index contributed by atoms with van der Waals surface area (Å²) in [6.07, 6.45) is 0.306. The molecule has 0 aliphatic heterocycles. The van der Waals surface area contributed by atoms with Crippen LogP contribution in [-0.2, 0) is 0 Å². The first kappa shape index (κ1) is 14.5. The standard InChI is InChI=1S/C16H17NO2S/c1-11-8-9-20-15(11)16(19)17-12(2)10-14(18)13-6-4-3-5-7-13/h3-9,12H,10H2,1-2H3,(H,17,19)/t12-/m1/s1. The van der Waals surface area contributed by atoms with Crippen molar-refractivity contribution in [1.29, 1.82) is 0 Å². The predicted molar refractivity (Wildman–Crippen MR) is 81.4 cm³/mol. The number of rotatable bonds is 5. The molecule has 0 bridgehead atoms. The van der Waals surface area contributed by atoms with Gasteiger partial charge >= 0.3 is 0 Å². The molecule has 0 unspecified atom stereocenters. The van der Waals surface area contributed by atoms with E-state index in [-0.39, 0.29) is 17.7 Å². The van der Waals surface area contributed by atoms with Gasteiger partial charge in [-0.25, -0.2) is 0 Å². The summed E-state index contributed by atoms with van der Waals surface area (Å²) in [5.74, 6) is -0.0628. The molecule has 0 aliphatic rings. The molecule has 0 saturated carbocycles. The molecule has 3 nitrogen and oxygen atoms in total. The molecule has 4 heteroatoms. The number of benzene rings is 1. The van der Waals surface area contributed by atoms with Gasteiger partial charge in [-0.15, -0.1) is 11.3 Å². The maximum atomic E-state index is 12.0. The Morgan fingerprint density at radius 2 is 1.90 bits per heavy atom. The van der Waals surface area contributed by atoms with E-state index >= 15 is 0 Å². The van der Waals surface area contributed by atoms with Crippen LogP contribution in [0.1, 0.15) is 38.9 Å². The fourth-order valence-electron chi connectivity index (χ4n) is 1.97. The summed E-state index contributed by atoms with van der Waals surface area (Å²) < 4.78 is 0. The highest BCUT2D eigenvalue weighted by molar-refractivity contribution is 7.12.